The van der Waals surface area contributed by atoms with E-state index in [9.17, 15) is 4.79 Å². The number of rotatable bonds is 3. The molecular formula is C13H10N2O2. The SMILES string of the molecule is N#CC(Cc1ccnc2ccccc12)C(=O)O. The zero-order valence-electron chi connectivity index (χ0n) is 9.00. The van der Waals surface area contributed by atoms with Crippen LogP contribution >= 0.6 is 0 Å². The zero-order chi connectivity index (χ0) is 12.3. The van der Waals surface area contributed by atoms with Crippen molar-refractivity contribution >= 4 is 16.9 Å². The third-order valence-electron chi connectivity index (χ3n) is 2.62. The summed E-state index contributed by atoms with van der Waals surface area (Å²) in [6.45, 7) is 0. The van der Waals surface area contributed by atoms with Gasteiger partial charge in [-0.3, -0.25) is 9.78 Å². The lowest BCUT2D eigenvalue weighted by atomic mass is 9.98. The number of nitrogens with zero attached hydrogens (tertiary/aromatic N) is 2. The number of nitriles is 1. The van der Waals surface area contributed by atoms with Crippen LogP contribution in [0.2, 0.25) is 0 Å². The lowest BCUT2D eigenvalue weighted by molar-refractivity contribution is -0.139. The van der Waals surface area contributed by atoms with Gasteiger partial charge in [0.15, 0.2) is 0 Å². The molecule has 2 aromatic rings. The van der Waals surface area contributed by atoms with E-state index in [1.807, 2.05) is 24.3 Å². The molecule has 0 amide bonds. The van der Waals surface area contributed by atoms with E-state index in [1.54, 1.807) is 18.3 Å². The van der Waals surface area contributed by atoms with Gasteiger partial charge in [-0.2, -0.15) is 5.26 Å². The maximum absolute atomic E-state index is 10.8. The van der Waals surface area contributed by atoms with E-state index in [0.29, 0.717) is 0 Å². The van der Waals surface area contributed by atoms with Crippen LogP contribution in [0, 0.1) is 17.2 Å². The summed E-state index contributed by atoms with van der Waals surface area (Å²) in [4.78, 5) is 15.0. The quantitative estimate of drug-likeness (QED) is 0.868. The summed E-state index contributed by atoms with van der Waals surface area (Å²) in [6.07, 6.45) is 1.84. The third kappa shape index (κ3) is 2.23. The number of aromatic nitrogens is 1. The fourth-order valence-corrected chi connectivity index (χ4v) is 1.74. The molecule has 0 aliphatic rings. The number of pyridine rings is 1. The van der Waals surface area contributed by atoms with Crippen LogP contribution < -0.4 is 0 Å². The fourth-order valence-electron chi connectivity index (χ4n) is 1.74. The first-order chi connectivity index (χ1) is 8.22. The van der Waals surface area contributed by atoms with Crippen molar-refractivity contribution in [3.05, 3.63) is 42.1 Å². The normalized spacial score (nSPS) is 11.9. The van der Waals surface area contributed by atoms with E-state index in [2.05, 4.69) is 4.98 Å². The molecule has 1 atom stereocenters. The molecule has 1 heterocycles. The summed E-state index contributed by atoms with van der Waals surface area (Å²) in [5.41, 5.74) is 1.65. The van der Waals surface area contributed by atoms with Crippen LogP contribution in [0.1, 0.15) is 5.56 Å². The molecule has 4 heteroatoms. The van der Waals surface area contributed by atoms with Crippen LogP contribution in [-0.2, 0) is 11.2 Å². The summed E-state index contributed by atoms with van der Waals surface area (Å²) in [5, 5.41) is 18.6. The Bertz CT molecular complexity index is 596. The molecule has 0 bridgehead atoms. The molecule has 0 saturated heterocycles. The molecule has 1 aromatic carbocycles. The third-order valence-corrected chi connectivity index (χ3v) is 2.62. The highest BCUT2D eigenvalue weighted by atomic mass is 16.4. The van der Waals surface area contributed by atoms with Gasteiger partial charge in [0.05, 0.1) is 11.6 Å². The molecule has 0 fully saturated rings. The molecular weight excluding hydrogens is 216 g/mol. The second-order valence-electron chi connectivity index (χ2n) is 3.71. The number of hydrogen-bond acceptors (Lipinski definition) is 3. The molecule has 84 valence electrons. The summed E-state index contributed by atoms with van der Waals surface area (Å²) in [7, 11) is 0. The largest absolute Gasteiger partial charge is 0.480 e. The number of benzene rings is 1. The van der Waals surface area contributed by atoms with E-state index >= 15 is 0 Å². The van der Waals surface area contributed by atoms with Crippen molar-refractivity contribution in [2.75, 3.05) is 0 Å². The van der Waals surface area contributed by atoms with E-state index in [-0.39, 0.29) is 6.42 Å². The first kappa shape index (κ1) is 11.1. The maximum Gasteiger partial charge on any atom is 0.321 e. The number of carbonyl (C=O) groups is 1. The predicted molar refractivity (Wildman–Crippen MR) is 62.2 cm³/mol. The minimum atomic E-state index is -1.09. The van der Waals surface area contributed by atoms with Gasteiger partial charge in [-0.05, 0) is 24.1 Å². The van der Waals surface area contributed by atoms with E-state index in [1.165, 1.54) is 0 Å². The number of para-hydroxylation sites is 1. The van der Waals surface area contributed by atoms with Crippen molar-refractivity contribution < 1.29 is 9.90 Å². The van der Waals surface area contributed by atoms with Crippen LogP contribution in [-0.4, -0.2) is 16.1 Å². The Morgan fingerprint density at radius 1 is 1.41 bits per heavy atom. The van der Waals surface area contributed by atoms with Crippen molar-refractivity contribution in [2.24, 2.45) is 5.92 Å². The van der Waals surface area contributed by atoms with Gasteiger partial charge in [0.25, 0.3) is 0 Å². The molecule has 2 rings (SSSR count). The number of aliphatic carboxylic acids is 1. The number of fused-ring (bicyclic) bond motifs is 1. The lowest BCUT2D eigenvalue weighted by Crippen LogP contribution is -2.14. The monoisotopic (exact) mass is 226 g/mol. The van der Waals surface area contributed by atoms with Crippen molar-refractivity contribution in [2.45, 2.75) is 6.42 Å². The summed E-state index contributed by atoms with van der Waals surface area (Å²) in [5.74, 6) is -2.10. The highest BCUT2D eigenvalue weighted by Crippen LogP contribution is 2.19. The average Bonchev–Trinajstić information content (AvgIpc) is 2.35. The lowest BCUT2D eigenvalue weighted by Gasteiger charge is -2.07. The van der Waals surface area contributed by atoms with Crippen LogP contribution in [0.3, 0.4) is 0 Å². The van der Waals surface area contributed by atoms with Gasteiger partial charge in [0.1, 0.15) is 5.92 Å². The van der Waals surface area contributed by atoms with Gasteiger partial charge >= 0.3 is 5.97 Å². The minimum Gasteiger partial charge on any atom is -0.480 e. The Labute approximate surface area is 98.1 Å². The van der Waals surface area contributed by atoms with Crippen LogP contribution in [0.15, 0.2) is 36.5 Å². The molecule has 4 nitrogen and oxygen atoms in total. The topological polar surface area (TPSA) is 74.0 Å². The molecule has 1 unspecified atom stereocenters. The van der Waals surface area contributed by atoms with E-state index < -0.39 is 11.9 Å². The van der Waals surface area contributed by atoms with E-state index in [4.69, 9.17) is 10.4 Å². The van der Waals surface area contributed by atoms with Crippen molar-refractivity contribution in [1.29, 1.82) is 5.26 Å². The molecule has 0 saturated carbocycles. The summed E-state index contributed by atoms with van der Waals surface area (Å²) >= 11 is 0. The Balaban J connectivity index is 2.43. The van der Waals surface area contributed by atoms with Crippen LogP contribution in [0.5, 0.6) is 0 Å². The Morgan fingerprint density at radius 3 is 2.88 bits per heavy atom. The van der Waals surface area contributed by atoms with Crippen molar-refractivity contribution in [3.8, 4) is 6.07 Å². The van der Waals surface area contributed by atoms with Gasteiger partial charge in [-0.1, -0.05) is 18.2 Å². The molecule has 0 aliphatic carbocycles. The first-order valence-electron chi connectivity index (χ1n) is 5.17. The van der Waals surface area contributed by atoms with E-state index in [0.717, 1.165) is 16.5 Å². The predicted octanol–water partition coefficient (Wildman–Crippen LogP) is 2.00. The molecule has 0 radical (unpaired) electrons. The molecule has 0 aliphatic heterocycles. The first-order valence-corrected chi connectivity index (χ1v) is 5.17. The molecule has 1 aromatic heterocycles. The number of carboxylic acid groups (broad SMARTS) is 1. The minimum absolute atomic E-state index is 0.203. The van der Waals surface area contributed by atoms with Crippen LogP contribution in [0.4, 0.5) is 0 Å². The molecule has 17 heavy (non-hydrogen) atoms. The smallest absolute Gasteiger partial charge is 0.321 e. The Hall–Kier alpha value is -2.41. The maximum atomic E-state index is 10.8. The molecule has 0 spiro atoms. The Morgan fingerprint density at radius 2 is 2.18 bits per heavy atom. The van der Waals surface area contributed by atoms with Gasteiger partial charge in [-0.25, -0.2) is 0 Å². The summed E-state index contributed by atoms with van der Waals surface area (Å²) < 4.78 is 0. The highest BCUT2D eigenvalue weighted by molar-refractivity contribution is 5.83. The zero-order valence-corrected chi connectivity index (χ0v) is 9.00. The standard InChI is InChI=1S/C13H10N2O2/c14-8-10(13(16)17)7-9-5-6-15-12-4-2-1-3-11(9)12/h1-6,10H,7H2,(H,16,17). The van der Waals surface area contributed by atoms with Gasteiger partial charge in [0, 0.05) is 11.6 Å². The van der Waals surface area contributed by atoms with Crippen LogP contribution in [0.25, 0.3) is 10.9 Å². The second-order valence-corrected chi connectivity index (χ2v) is 3.71. The Kier molecular flexibility index (Phi) is 3.01. The van der Waals surface area contributed by atoms with Crippen molar-refractivity contribution in [1.82, 2.24) is 4.98 Å². The fraction of sp³-hybridized carbons (Fsp3) is 0.154. The average molecular weight is 226 g/mol. The van der Waals surface area contributed by atoms with Gasteiger partial charge in [0.2, 0.25) is 0 Å². The number of carboxylic acids is 1. The second kappa shape index (κ2) is 4.62. The van der Waals surface area contributed by atoms with Gasteiger partial charge in [-0.15, -0.1) is 0 Å². The highest BCUT2D eigenvalue weighted by Gasteiger charge is 2.18. The van der Waals surface area contributed by atoms with Gasteiger partial charge < -0.3 is 5.11 Å². The summed E-state index contributed by atoms with van der Waals surface area (Å²) in [6, 6.07) is 11.0. The number of hydrogen-bond donors (Lipinski definition) is 1. The molecule has 1 N–H and O–H groups in total. The van der Waals surface area contributed by atoms with Crippen molar-refractivity contribution in [3.63, 3.8) is 0 Å².